The van der Waals surface area contributed by atoms with Crippen molar-refractivity contribution in [2.75, 3.05) is 6.61 Å². The van der Waals surface area contributed by atoms with E-state index in [1.165, 1.54) is 0 Å². The summed E-state index contributed by atoms with van der Waals surface area (Å²) in [5, 5.41) is 9.45. The van der Waals surface area contributed by atoms with Crippen molar-refractivity contribution in [1.29, 1.82) is 0 Å². The Hall–Kier alpha value is -1.52. The smallest absolute Gasteiger partial charge is 0.407 e. The standard InChI is InChI=1S/C11H19N3O2/c1-8(2)13-11(15)16-7-5-9(3)10-4-6-12-14-10/h4,6,8-9H,5,7H2,1-3H3,(H,12,14)(H,13,15). The molecular formula is C11H19N3O2. The topological polar surface area (TPSA) is 67.0 Å². The Morgan fingerprint density at radius 2 is 2.31 bits per heavy atom. The van der Waals surface area contributed by atoms with Crippen molar-refractivity contribution in [2.45, 2.75) is 39.2 Å². The highest BCUT2D eigenvalue weighted by Gasteiger charge is 2.08. The maximum absolute atomic E-state index is 11.2. The molecule has 1 heterocycles. The summed E-state index contributed by atoms with van der Waals surface area (Å²) in [5.41, 5.74) is 1.06. The van der Waals surface area contributed by atoms with E-state index < -0.39 is 0 Å². The summed E-state index contributed by atoms with van der Waals surface area (Å²) in [4.78, 5) is 11.2. The number of hydrogen-bond donors (Lipinski definition) is 2. The normalized spacial score (nSPS) is 12.5. The van der Waals surface area contributed by atoms with Gasteiger partial charge in [0.25, 0.3) is 0 Å². The van der Waals surface area contributed by atoms with Crippen molar-refractivity contribution in [3.63, 3.8) is 0 Å². The number of ether oxygens (including phenoxy) is 1. The summed E-state index contributed by atoms with van der Waals surface area (Å²) in [6, 6.07) is 2.04. The molecule has 0 bridgehead atoms. The third-order valence-electron chi connectivity index (χ3n) is 2.24. The van der Waals surface area contributed by atoms with Gasteiger partial charge in [-0.2, -0.15) is 5.10 Å². The van der Waals surface area contributed by atoms with Gasteiger partial charge in [-0.05, 0) is 26.3 Å². The van der Waals surface area contributed by atoms with Crippen molar-refractivity contribution in [1.82, 2.24) is 15.5 Å². The quantitative estimate of drug-likeness (QED) is 0.805. The molecule has 1 unspecified atom stereocenters. The second-order valence-corrected chi connectivity index (χ2v) is 4.14. The lowest BCUT2D eigenvalue weighted by Gasteiger charge is -2.11. The van der Waals surface area contributed by atoms with E-state index in [0.717, 1.165) is 12.1 Å². The highest BCUT2D eigenvalue weighted by Crippen LogP contribution is 2.15. The second kappa shape index (κ2) is 6.15. The van der Waals surface area contributed by atoms with Crippen LogP contribution in [0.2, 0.25) is 0 Å². The number of carbonyl (C=O) groups excluding carboxylic acids is 1. The van der Waals surface area contributed by atoms with E-state index in [0.29, 0.717) is 12.5 Å². The van der Waals surface area contributed by atoms with E-state index in [4.69, 9.17) is 4.74 Å². The van der Waals surface area contributed by atoms with E-state index in [1.807, 2.05) is 19.9 Å². The maximum atomic E-state index is 11.2. The molecule has 0 aliphatic rings. The maximum Gasteiger partial charge on any atom is 0.407 e. The first-order valence-electron chi connectivity index (χ1n) is 5.52. The van der Waals surface area contributed by atoms with Crippen molar-refractivity contribution in [3.8, 4) is 0 Å². The molecule has 90 valence electrons. The molecule has 0 aliphatic carbocycles. The lowest BCUT2D eigenvalue weighted by atomic mass is 10.1. The van der Waals surface area contributed by atoms with Crippen LogP contribution >= 0.6 is 0 Å². The zero-order valence-corrected chi connectivity index (χ0v) is 9.99. The molecule has 0 aliphatic heterocycles. The summed E-state index contributed by atoms with van der Waals surface area (Å²) in [6.45, 7) is 6.28. The molecule has 5 heteroatoms. The zero-order valence-electron chi connectivity index (χ0n) is 9.99. The van der Waals surface area contributed by atoms with E-state index >= 15 is 0 Å². The monoisotopic (exact) mass is 225 g/mol. The Morgan fingerprint density at radius 3 is 2.88 bits per heavy atom. The van der Waals surface area contributed by atoms with E-state index in [1.54, 1.807) is 6.20 Å². The summed E-state index contributed by atoms with van der Waals surface area (Å²) in [6.07, 6.45) is 2.15. The van der Waals surface area contributed by atoms with Crippen LogP contribution in [-0.2, 0) is 4.74 Å². The van der Waals surface area contributed by atoms with Gasteiger partial charge >= 0.3 is 6.09 Å². The number of nitrogens with zero attached hydrogens (tertiary/aromatic N) is 1. The van der Waals surface area contributed by atoms with E-state index in [9.17, 15) is 4.79 Å². The molecular weight excluding hydrogens is 206 g/mol. The van der Waals surface area contributed by atoms with Gasteiger partial charge in [-0.15, -0.1) is 0 Å². The zero-order chi connectivity index (χ0) is 12.0. The number of H-pyrrole nitrogens is 1. The van der Waals surface area contributed by atoms with Crippen molar-refractivity contribution in [3.05, 3.63) is 18.0 Å². The Kier molecular flexibility index (Phi) is 4.82. The fourth-order valence-corrected chi connectivity index (χ4v) is 1.30. The predicted molar refractivity (Wildman–Crippen MR) is 61.2 cm³/mol. The third-order valence-corrected chi connectivity index (χ3v) is 2.24. The number of alkyl carbamates (subject to hydrolysis) is 1. The fourth-order valence-electron chi connectivity index (χ4n) is 1.30. The summed E-state index contributed by atoms with van der Waals surface area (Å²) in [5.74, 6) is 0.314. The number of amides is 1. The molecule has 0 aromatic carbocycles. The molecule has 16 heavy (non-hydrogen) atoms. The highest BCUT2D eigenvalue weighted by atomic mass is 16.5. The third kappa shape index (κ3) is 4.33. The van der Waals surface area contributed by atoms with Gasteiger partial charge in [-0.1, -0.05) is 6.92 Å². The number of hydrogen-bond acceptors (Lipinski definition) is 3. The molecule has 0 spiro atoms. The van der Waals surface area contributed by atoms with Gasteiger partial charge in [0.15, 0.2) is 0 Å². The van der Waals surface area contributed by atoms with Crippen molar-refractivity contribution >= 4 is 6.09 Å². The molecule has 1 aromatic heterocycles. The first kappa shape index (κ1) is 12.5. The van der Waals surface area contributed by atoms with Crippen LogP contribution in [0.15, 0.2) is 12.3 Å². The van der Waals surface area contributed by atoms with E-state index in [-0.39, 0.29) is 12.1 Å². The second-order valence-electron chi connectivity index (χ2n) is 4.14. The molecule has 2 N–H and O–H groups in total. The number of nitrogens with one attached hydrogen (secondary N) is 2. The van der Waals surface area contributed by atoms with Crippen LogP contribution in [0.5, 0.6) is 0 Å². The molecule has 0 radical (unpaired) electrons. The highest BCUT2D eigenvalue weighted by molar-refractivity contribution is 5.67. The molecule has 1 atom stereocenters. The summed E-state index contributed by atoms with van der Waals surface area (Å²) >= 11 is 0. The molecule has 0 saturated heterocycles. The van der Waals surface area contributed by atoms with Gasteiger partial charge in [0.05, 0.1) is 6.61 Å². The van der Waals surface area contributed by atoms with E-state index in [2.05, 4.69) is 22.4 Å². The van der Waals surface area contributed by atoms with Crippen LogP contribution in [0.3, 0.4) is 0 Å². The van der Waals surface area contributed by atoms with Gasteiger partial charge in [0.1, 0.15) is 0 Å². The lowest BCUT2D eigenvalue weighted by molar-refractivity contribution is 0.140. The SMILES string of the molecule is CC(C)NC(=O)OCCC(C)c1ccn[nH]1. The number of rotatable bonds is 5. The van der Waals surface area contributed by atoms with Gasteiger partial charge in [0, 0.05) is 23.9 Å². The van der Waals surface area contributed by atoms with Gasteiger partial charge in [0.2, 0.25) is 0 Å². The van der Waals surface area contributed by atoms with Crippen LogP contribution in [0.4, 0.5) is 4.79 Å². The molecule has 1 amide bonds. The van der Waals surface area contributed by atoms with Crippen LogP contribution < -0.4 is 5.32 Å². The molecule has 0 fully saturated rings. The van der Waals surface area contributed by atoms with Crippen LogP contribution in [0, 0.1) is 0 Å². The summed E-state index contributed by atoms with van der Waals surface area (Å²) < 4.78 is 5.04. The van der Waals surface area contributed by atoms with Crippen molar-refractivity contribution in [2.24, 2.45) is 0 Å². The Balaban J connectivity index is 2.18. The average molecular weight is 225 g/mol. The molecule has 1 aromatic rings. The minimum absolute atomic E-state index is 0.109. The lowest BCUT2D eigenvalue weighted by Crippen LogP contribution is -2.31. The van der Waals surface area contributed by atoms with Crippen LogP contribution in [0.1, 0.15) is 38.8 Å². The fraction of sp³-hybridized carbons (Fsp3) is 0.636. The molecule has 0 saturated carbocycles. The number of aromatic nitrogens is 2. The Labute approximate surface area is 95.6 Å². The van der Waals surface area contributed by atoms with Gasteiger partial charge < -0.3 is 10.1 Å². The Morgan fingerprint density at radius 1 is 1.56 bits per heavy atom. The number of aromatic amines is 1. The van der Waals surface area contributed by atoms with Gasteiger partial charge in [-0.25, -0.2) is 4.79 Å². The minimum atomic E-state index is -0.355. The largest absolute Gasteiger partial charge is 0.450 e. The minimum Gasteiger partial charge on any atom is -0.450 e. The van der Waals surface area contributed by atoms with Crippen molar-refractivity contribution < 1.29 is 9.53 Å². The van der Waals surface area contributed by atoms with Crippen LogP contribution in [-0.4, -0.2) is 28.9 Å². The van der Waals surface area contributed by atoms with Gasteiger partial charge in [-0.3, -0.25) is 5.10 Å². The predicted octanol–water partition coefficient (Wildman–Crippen LogP) is 2.04. The van der Waals surface area contributed by atoms with Crippen LogP contribution in [0.25, 0.3) is 0 Å². The summed E-state index contributed by atoms with van der Waals surface area (Å²) in [7, 11) is 0. The average Bonchev–Trinajstić information content (AvgIpc) is 2.68. The molecule has 5 nitrogen and oxygen atoms in total. The first-order chi connectivity index (χ1) is 7.59. The Bertz CT molecular complexity index is 309. The first-order valence-corrected chi connectivity index (χ1v) is 5.52. The number of carbonyl (C=O) groups is 1. The molecule has 1 rings (SSSR count).